The Morgan fingerprint density at radius 1 is 1.13 bits per heavy atom. The second-order valence-electron chi connectivity index (χ2n) is 7.17. The fourth-order valence-corrected chi connectivity index (χ4v) is 3.74. The number of likely N-dealkylation sites (tertiary alicyclic amines) is 1. The summed E-state index contributed by atoms with van der Waals surface area (Å²) in [6, 6.07) is 7.87. The number of hydrogen-bond donors (Lipinski definition) is 0. The van der Waals surface area contributed by atoms with Gasteiger partial charge in [0.1, 0.15) is 11.6 Å². The number of nitrogens with zero attached hydrogens (tertiary/aromatic N) is 4. The smallest absolute Gasteiger partial charge is 0.417 e. The molecule has 2 aromatic heterocycles. The minimum atomic E-state index is -4.52. The Hall–Kier alpha value is -3.24. The van der Waals surface area contributed by atoms with Crippen LogP contribution in [0, 0.1) is 0 Å². The Labute approximate surface area is 173 Å². The number of carbonyl (C=O) groups is 1. The van der Waals surface area contributed by atoms with Crippen LogP contribution in [0.25, 0.3) is 5.65 Å². The van der Waals surface area contributed by atoms with Crippen LogP contribution in [0.4, 0.5) is 22.0 Å². The summed E-state index contributed by atoms with van der Waals surface area (Å²) in [6.07, 6.45) is -2.41. The first-order valence-electron chi connectivity index (χ1n) is 9.49. The van der Waals surface area contributed by atoms with Crippen molar-refractivity contribution in [1.29, 1.82) is 0 Å². The Morgan fingerprint density at radius 2 is 1.90 bits per heavy atom. The summed E-state index contributed by atoms with van der Waals surface area (Å²) in [5.74, 6) is -0.770. The summed E-state index contributed by atoms with van der Waals surface area (Å²) in [6.45, 7) is -2.53. The molecule has 4 rings (SSSR count). The molecule has 1 saturated heterocycles. The van der Waals surface area contributed by atoms with Crippen molar-refractivity contribution in [3.8, 4) is 5.75 Å². The van der Waals surface area contributed by atoms with Gasteiger partial charge in [0.25, 0.3) is 5.91 Å². The van der Waals surface area contributed by atoms with Gasteiger partial charge in [0, 0.05) is 25.2 Å². The van der Waals surface area contributed by atoms with Crippen LogP contribution in [0.2, 0.25) is 0 Å². The maximum atomic E-state index is 13.1. The molecule has 0 bridgehead atoms. The Kier molecular flexibility index (Phi) is 5.50. The average Bonchev–Trinajstić information content (AvgIpc) is 3.16. The van der Waals surface area contributed by atoms with E-state index in [4.69, 9.17) is 0 Å². The molecular formula is C20H17F5N4O2. The zero-order valence-corrected chi connectivity index (χ0v) is 16.0. The van der Waals surface area contributed by atoms with Crippen molar-refractivity contribution >= 4 is 11.6 Å². The Balaban J connectivity index is 1.60. The number of ether oxygens (including phenoxy) is 1. The van der Waals surface area contributed by atoms with Crippen LogP contribution in [-0.4, -0.2) is 45.1 Å². The highest BCUT2D eigenvalue weighted by molar-refractivity contribution is 5.97. The maximum absolute atomic E-state index is 13.1. The fraction of sp³-hybridized carbons (Fsp3) is 0.350. The zero-order chi connectivity index (χ0) is 22.2. The number of alkyl halides is 5. The van der Waals surface area contributed by atoms with Crippen LogP contribution in [0.15, 0.2) is 42.6 Å². The maximum Gasteiger partial charge on any atom is 0.417 e. The van der Waals surface area contributed by atoms with Gasteiger partial charge in [0.15, 0.2) is 5.65 Å². The molecule has 1 atom stereocenters. The topological polar surface area (TPSA) is 59.7 Å². The predicted octanol–water partition coefficient (Wildman–Crippen LogP) is 4.37. The van der Waals surface area contributed by atoms with Gasteiger partial charge < -0.3 is 9.64 Å². The first-order chi connectivity index (χ1) is 14.7. The van der Waals surface area contributed by atoms with Crippen LogP contribution in [0.3, 0.4) is 0 Å². The Morgan fingerprint density at radius 3 is 2.65 bits per heavy atom. The quantitative estimate of drug-likeness (QED) is 0.566. The normalized spacial score (nSPS) is 17.4. The van der Waals surface area contributed by atoms with Crippen LogP contribution in [0.1, 0.15) is 40.5 Å². The van der Waals surface area contributed by atoms with E-state index in [1.807, 2.05) is 0 Å². The Bertz CT molecular complexity index is 1100. The molecular weight excluding hydrogens is 423 g/mol. The van der Waals surface area contributed by atoms with Gasteiger partial charge in [-0.1, -0.05) is 12.1 Å². The van der Waals surface area contributed by atoms with Gasteiger partial charge in [-0.15, -0.1) is 10.2 Å². The highest BCUT2D eigenvalue weighted by Gasteiger charge is 2.33. The SMILES string of the molecule is O=C(c1ccccc1OC(F)F)N1CCCC(c2nnc3ccc(C(F)(F)F)cn23)C1. The van der Waals surface area contributed by atoms with E-state index in [0.29, 0.717) is 25.2 Å². The molecule has 1 unspecified atom stereocenters. The third kappa shape index (κ3) is 4.30. The predicted molar refractivity (Wildman–Crippen MR) is 98.9 cm³/mol. The van der Waals surface area contributed by atoms with Crippen LogP contribution in [0.5, 0.6) is 5.75 Å². The molecule has 3 heterocycles. The van der Waals surface area contributed by atoms with Crippen molar-refractivity contribution in [2.75, 3.05) is 13.1 Å². The van der Waals surface area contributed by atoms with Gasteiger partial charge >= 0.3 is 12.8 Å². The van der Waals surface area contributed by atoms with Gasteiger partial charge in [0.2, 0.25) is 0 Å². The second-order valence-corrected chi connectivity index (χ2v) is 7.17. The fourth-order valence-electron chi connectivity index (χ4n) is 3.74. The van der Waals surface area contributed by atoms with Crippen molar-refractivity contribution in [2.45, 2.75) is 31.5 Å². The number of benzene rings is 1. The van der Waals surface area contributed by atoms with Crippen molar-refractivity contribution in [2.24, 2.45) is 0 Å². The number of halogens is 5. The molecule has 3 aromatic rings. The number of pyridine rings is 1. The molecule has 1 aromatic carbocycles. The van der Waals surface area contributed by atoms with Gasteiger partial charge in [0.05, 0.1) is 11.1 Å². The van der Waals surface area contributed by atoms with Gasteiger partial charge in [-0.3, -0.25) is 9.20 Å². The molecule has 11 heteroatoms. The van der Waals surface area contributed by atoms with E-state index < -0.39 is 24.3 Å². The number of para-hydroxylation sites is 1. The van der Waals surface area contributed by atoms with Crippen molar-refractivity contribution in [1.82, 2.24) is 19.5 Å². The van der Waals surface area contributed by atoms with Gasteiger partial charge in [-0.05, 0) is 37.1 Å². The number of fused-ring (bicyclic) bond motifs is 1. The molecule has 6 nitrogen and oxygen atoms in total. The number of hydrogen-bond acceptors (Lipinski definition) is 4. The molecule has 1 aliphatic heterocycles. The lowest BCUT2D eigenvalue weighted by atomic mass is 9.96. The van der Waals surface area contributed by atoms with Crippen LogP contribution >= 0.6 is 0 Å². The molecule has 0 N–H and O–H groups in total. The molecule has 1 fully saturated rings. The van der Waals surface area contributed by atoms with E-state index in [9.17, 15) is 26.7 Å². The number of carbonyl (C=O) groups excluding carboxylic acids is 1. The zero-order valence-electron chi connectivity index (χ0n) is 16.0. The standard InChI is InChI=1S/C20H17F5N4O2/c21-19(22)31-15-6-2-1-5-14(15)18(30)28-9-3-4-12(10-28)17-27-26-16-8-7-13(11-29(16)17)20(23,24)25/h1-2,5-8,11-12,19H,3-4,9-10H2. The van der Waals surface area contributed by atoms with Gasteiger partial charge in [-0.25, -0.2) is 0 Å². The van der Waals surface area contributed by atoms with E-state index in [1.165, 1.54) is 39.6 Å². The molecule has 1 aliphatic rings. The lowest BCUT2D eigenvalue weighted by Gasteiger charge is -2.32. The van der Waals surface area contributed by atoms with Crippen molar-refractivity contribution < 1.29 is 31.5 Å². The molecule has 31 heavy (non-hydrogen) atoms. The number of aromatic nitrogens is 3. The highest BCUT2D eigenvalue weighted by Crippen LogP contribution is 2.32. The lowest BCUT2D eigenvalue weighted by Crippen LogP contribution is -2.39. The number of amides is 1. The highest BCUT2D eigenvalue weighted by atomic mass is 19.4. The molecule has 1 amide bonds. The summed E-state index contributed by atoms with van der Waals surface area (Å²) < 4.78 is 70.4. The monoisotopic (exact) mass is 440 g/mol. The third-order valence-corrected chi connectivity index (χ3v) is 5.16. The summed E-state index contributed by atoms with van der Waals surface area (Å²) in [5, 5.41) is 7.98. The van der Waals surface area contributed by atoms with E-state index in [1.54, 1.807) is 0 Å². The summed E-state index contributed by atoms with van der Waals surface area (Å²) in [4.78, 5) is 14.4. The third-order valence-electron chi connectivity index (χ3n) is 5.16. The van der Waals surface area contributed by atoms with Gasteiger partial charge in [-0.2, -0.15) is 22.0 Å². The second kappa shape index (κ2) is 8.12. The minimum absolute atomic E-state index is 0.00564. The summed E-state index contributed by atoms with van der Waals surface area (Å²) >= 11 is 0. The molecule has 0 spiro atoms. The van der Waals surface area contributed by atoms with Crippen LogP contribution in [-0.2, 0) is 6.18 Å². The largest absolute Gasteiger partial charge is 0.434 e. The molecule has 0 radical (unpaired) electrons. The van der Waals surface area contributed by atoms with E-state index >= 15 is 0 Å². The first kappa shape index (κ1) is 21.0. The summed E-state index contributed by atoms with van der Waals surface area (Å²) in [5.41, 5.74) is -0.570. The van der Waals surface area contributed by atoms with Crippen LogP contribution < -0.4 is 4.74 Å². The van der Waals surface area contributed by atoms with E-state index in [0.717, 1.165) is 12.3 Å². The molecule has 0 saturated carbocycles. The number of rotatable bonds is 4. The van der Waals surface area contributed by atoms with Crippen molar-refractivity contribution in [3.63, 3.8) is 0 Å². The van der Waals surface area contributed by atoms with E-state index in [2.05, 4.69) is 14.9 Å². The molecule has 0 aliphatic carbocycles. The lowest BCUT2D eigenvalue weighted by molar-refractivity contribution is -0.137. The molecule has 164 valence electrons. The van der Waals surface area contributed by atoms with Crippen molar-refractivity contribution in [3.05, 3.63) is 59.5 Å². The number of piperidine rings is 1. The first-order valence-corrected chi connectivity index (χ1v) is 9.49. The average molecular weight is 440 g/mol. The van der Waals surface area contributed by atoms with E-state index in [-0.39, 0.29) is 29.4 Å². The summed E-state index contributed by atoms with van der Waals surface area (Å²) in [7, 11) is 0. The minimum Gasteiger partial charge on any atom is -0.434 e.